The van der Waals surface area contributed by atoms with E-state index in [1.807, 2.05) is 6.92 Å². The van der Waals surface area contributed by atoms with Gasteiger partial charge in [-0.15, -0.1) is 0 Å². The summed E-state index contributed by atoms with van der Waals surface area (Å²) < 4.78 is 19.1. The lowest BCUT2D eigenvalue weighted by Crippen LogP contribution is -2.48. The summed E-state index contributed by atoms with van der Waals surface area (Å²) in [6, 6.07) is 4.82. The molecule has 1 aromatic rings. The minimum absolute atomic E-state index is 0.120. The van der Waals surface area contributed by atoms with Gasteiger partial charge < -0.3 is 10.5 Å². The van der Waals surface area contributed by atoms with E-state index in [0.29, 0.717) is 23.8 Å². The summed E-state index contributed by atoms with van der Waals surface area (Å²) in [6.07, 6.45) is 1.69. The summed E-state index contributed by atoms with van der Waals surface area (Å²) in [4.78, 5) is 0. The first kappa shape index (κ1) is 12.8. The molecule has 1 saturated heterocycles. The molecule has 1 unspecified atom stereocenters. The van der Waals surface area contributed by atoms with Crippen LogP contribution in [0.5, 0.6) is 0 Å². The van der Waals surface area contributed by atoms with Crippen molar-refractivity contribution in [3.63, 3.8) is 0 Å². The molecule has 1 aliphatic rings. The lowest BCUT2D eigenvalue weighted by atomic mass is 9.74. The van der Waals surface area contributed by atoms with Gasteiger partial charge in [0.25, 0.3) is 0 Å². The van der Waals surface area contributed by atoms with Gasteiger partial charge in [-0.25, -0.2) is 4.39 Å². The zero-order chi connectivity index (χ0) is 12.5. The molecule has 1 atom stereocenters. The van der Waals surface area contributed by atoms with Gasteiger partial charge in [0.05, 0.1) is 13.2 Å². The zero-order valence-corrected chi connectivity index (χ0v) is 10.6. The second-order valence-electron chi connectivity index (χ2n) is 4.91. The molecule has 0 amide bonds. The summed E-state index contributed by atoms with van der Waals surface area (Å²) in [6.45, 7) is 3.06. The van der Waals surface area contributed by atoms with Crippen molar-refractivity contribution in [2.75, 3.05) is 13.2 Å². The number of hydrogen-bond acceptors (Lipinski definition) is 2. The maximum Gasteiger partial charge on any atom is 0.127 e. The van der Waals surface area contributed by atoms with E-state index in [0.717, 1.165) is 12.8 Å². The first-order valence-electron chi connectivity index (χ1n) is 5.82. The fourth-order valence-corrected chi connectivity index (χ4v) is 2.36. The Morgan fingerprint density at radius 2 is 2.24 bits per heavy atom. The molecule has 0 aliphatic carbocycles. The van der Waals surface area contributed by atoms with Gasteiger partial charge in [0.15, 0.2) is 0 Å². The standard InChI is InChI=1S/C13H17ClFNO/c1-9(16)4-5-13(7-17-8-13)11-6-10(14)2-3-12(11)15/h2-3,6,9H,4-5,7-8,16H2,1H3. The molecule has 0 spiro atoms. The lowest BCUT2D eigenvalue weighted by molar-refractivity contribution is -0.0672. The van der Waals surface area contributed by atoms with Crippen molar-refractivity contribution >= 4 is 11.6 Å². The van der Waals surface area contributed by atoms with Gasteiger partial charge in [0.2, 0.25) is 0 Å². The maximum absolute atomic E-state index is 13.9. The highest BCUT2D eigenvalue weighted by atomic mass is 35.5. The number of halogens is 2. The van der Waals surface area contributed by atoms with E-state index < -0.39 is 0 Å². The second-order valence-corrected chi connectivity index (χ2v) is 5.35. The minimum Gasteiger partial charge on any atom is -0.379 e. The van der Waals surface area contributed by atoms with Gasteiger partial charge in [-0.05, 0) is 38.0 Å². The summed E-state index contributed by atoms with van der Waals surface area (Å²) in [5.41, 5.74) is 6.19. The molecule has 2 N–H and O–H groups in total. The van der Waals surface area contributed by atoms with Crippen molar-refractivity contribution in [3.8, 4) is 0 Å². The molecule has 1 heterocycles. The van der Waals surface area contributed by atoms with Gasteiger partial charge >= 0.3 is 0 Å². The molecule has 2 nitrogen and oxygen atoms in total. The van der Waals surface area contributed by atoms with Gasteiger partial charge in [-0.2, -0.15) is 0 Å². The van der Waals surface area contributed by atoms with E-state index in [1.54, 1.807) is 12.1 Å². The van der Waals surface area contributed by atoms with Crippen LogP contribution in [0.15, 0.2) is 18.2 Å². The van der Waals surface area contributed by atoms with Gasteiger partial charge in [-0.1, -0.05) is 11.6 Å². The van der Waals surface area contributed by atoms with Crippen LogP contribution in [0.3, 0.4) is 0 Å². The van der Waals surface area contributed by atoms with E-state index in [4.69, 9.17) is 22.1 Å². The molecule has 1 fully saturated rings. The Morgan fingerprint density at radius 1 is 1.53 bits per heavy atom. The Labute approximate surface area is 106 Å². The first-order chi connectivity index (χ1) is 8.03. The third-order valence-electron chi connectivity index (χ3n) is 3.33. The molecule has 94 valence electrons. The maximum atomic E-state index is 13.9. The van der Waals surface area contributed by atoms with Crippen LogP contribution in [0.4, 0.5) is 4.39 Å². The van der Waals surface area contributed by atoms with Crippen molar-refractivity contribution in [2.24, 2.45) is 5.73 Å². The monoisotopic (exact) mass is 257 g/mol. The molecule has 0 bridgehead atoms. The number of benzene rings is 1. The topological polar surface area (TPSA) is 35.2 Å². The highest BCUT2D eigenvalue weighted by Gasteiger charge is 2.41. The van der Waals surface area contributed by atoms with Crippen LogP contribution in [0.25, 0.3) is 0 Å². The zero-order valence-electron chi connectivity index (χ0n) is 9.88. The first-order valence-corrected chi connectivity index (χ1v) is 6.20. The van der Waals surface area contributed by atoms with Crippen LogP contribution >= 0.6 is 11.6 Å². The molecule has 0 saturated carbocycles. The van der Waals surface area contributed by atoms with Crippen molar-refractivity contribution in [1.29, 1.82) is 0 Å². The van der Waals surface area contributed by atoms with E-state index in [2.05, 4.69) is 0 Å². The van der Waals surface area contributed by atoms with Crippen LogP contribution in [-0.2, 0) is 10.2 Å². The van der Waals surface area contributed by atoms with Crippen LogP contribution < -0.4 is 5.73 Å². The molecule has 1 aliphatic heterocycles. The SMILES string of the molecule is CC(N)CCC1(c2cc(Cl)ccc2F)COC1. The average molecular weight is 258 g/mol. The van der Waals surface area contributed by atoms with Gasteiger partial charge in [0.1, 0.15) is 5.82 Å². The Morgan fingerprint density at radius 3 is 2.76 bits per heavy atom. The van der Waals surface area contributed by atoms with E-state index in [-0.39, 0.29) is 17.3 Å². The van der Waals surface area contributed by atoms with Crippen molar-refractivity contribution < 1.29 is 9.13 Å². The molecule has 2 rings (SSSR count). The molecule has 17 heavy (non-hydrogen) atoms. The number of rotatable bonds is 4. The van der Waals surface area contributed by atoms with Crippen LogP contribution in [-0.4, -0.2) is 19.3 Å². The third-order valence-corrected chi connectivity index (χ3v) is 3.57. The Balaban J connectivity index is 2.24. The van der Waals surface area contributed by atoms with Crippen LogP contribution in [0.1, 0.15) is 25.3 Å². The summed E-state index contributed by atoms with van der Waals surface area (Å²) in [5, 5.41) is 0.563. The summed E-state index contributed by atoms with van der Waals surface area (Å²) >= 11 is 5.93. The molecular formula is C13H17ClFNO. The Hall–Kier alpha value is -0.640. The predicted octanol–water partition coefficient (Wildman–Crippen LogP) is 2.87. The highest BCUT2D eigenvalue weighted by molar-refractivity contribution is 6.30. The second kappa shape index (κ2) is 4.92. The average Bonchev–Trinajstić information content (AvgIpc) is 2.21. The van der Waals surface area contributed by atoms with Crippen molar-refractivity contribution in [2.45, 2.75) is 31.2 Å². The normalized spacial score (nSPS) is 19.8. The van der Waals surface area contributed by atoms with E-state index >= 15 is 0 Å². The third kappa shape index (κ3) is 2.62. The molecule has 1 aromatic carbocycles. The molecular weight excluding hydrogens is 241 g/mol. The van der Waals surface area contributed by atoms with Gasteiger partial charge in [0, 0.05) is 22.0 Å². The fourth-order valence-electron chi connectivity index (χ4n) is 2.19. The van der Waals surface area contributed by atoms with Crippen LogP contribution in [0, 0.1) is 5.82 Å². The van der Waals surface area contributed by atoms with Crippen molar-refractivity contribution in [1.82, 2.24) is 0 Å². The van der Waals surface area contributed by atoms with Gasteiger partial charge in [-0.3, -0.25) is 0 Å². The highest BCUT2D eigenvalue weighted by Crippen LogP contribution is 2.39. The minimum atomic E-state index is -0.234. The summed E-state index contributed by atoms with van der Waals surface area (Å²) in [5.74, 6) is -0.206. The molecule has 0 radical (unpaired) electrons. The molecule has 4 heteroatoms. The quantitative estimate of drug-likeness (QED) is 0.900. The van der Waals surface area contributed by atoms with E-state index in [9.17, 15) is 4.39 Å². The molecule has 0 aromatic heterocycles. The lowest BCUT2D eigenvalue weighted by Gasteiger charge is -2.42. The Bertz CT molecular complexity index is 404. The smallest absolute Gasteiger partial charge is 0.127 e. The number of ether oxygens (including phenoxy) is 1. The van der Waals surface area contributed by atoms with Crippen molar-refractivity contribution in [3.05, 3.63) is 34.6 Å². The summed E-state index contributed by atoms with van der Waals surface area (Å²) in [7, 11) is 0. The number of nitrogens with two attached hydrogens (primary N) is 1. The largest absolute Gasteiger partial charge is 0.379 e. The fraction of sp³-hybridized carbons (Fsp3) is 0.538. The van der Waals surface area contributed by atoms with Crippen LogP contribution in [0.2, 0.25) is 5.02 Å². The van der Waals surface area contributed by atoms with E-state index in [1.165, 1.54) is 6.07 Å². The predicted molar refractivity (Wildman–Crippen MR) is 66.8 cm³/mol. The number of hydrogen-bond donors (Lipinski definition) is 1. The Kier molecular flexibility index (Phi) is 3.71.